The van der Waals surface area contributed by atoms with Crippen molar-refractivity contribution in [2.24, 2.45) is 5.14 Å². The number of sulfonamides is 2. The maximum atomic E-state index is 13.1. The van der Waals surface area contributed by atoms with Gasteiger partial charge in [0.25, 0.3) is 5.91 Å². The zero-order chi connectivity index (χ0) is 22.8. The van der Waals surface area contributed by atoms with Crippen molar-refractivity contribution in [3.05, 3.63) is 47.0 Å². The fraction of sp³-hybridized carbons (Fsp3) is 0.316. The Bertz CT molecular complexity index is 1210. The van der Waals surface area contributed by atoms with Crippen LogP contribution < -0.4 is 10.5 Å². The Labute approximate surface area is 185 Å². The molecule has 0 radical (unpaired) electrons. The van der Waals surface area contributed by atoms with Crippen LogP contribution in [0, 0.1) is 0 Å². The summed E-state index contributed by atoms with van der Waals surface area (Å²) in [6.45, 7) is 0.757. The first-order chi connectivity index (χ1) is 14.5. The van der Waals surface area contributed by atoms with Gasteiger partial charge in [0.05, 0.1) is 15.6 Å². The lowest BCUT2D eigenvalue weighted by Crippen LogP contribution is -2.32. The van der Waals surface area contributed by atoms with Gasteiger partial charge in [-0.2, -0.15) is 4.31 Å². The predicted octanol–water partition coefficient (Wildman–Crippen LogP) is 2.51. The van der Waals surface area contributed by atoms with E-state index in [1.54, 1.807) is 0 Å². The Hall–Kier alpha value is -2.18. The molecule has 31 heavy (non-hydrogen) atoms. The van der Waals surface area contributed by atoms with Crippen molar-refractivity contribution in [3.8, 4) is 5.75 Å². The van der Waals surface area contributed by atoms with Gasteiger partial charge in [0, 0.05) is 18.7 Å². The number of carbonyl (C=O) groups is 1. The Morgan fingerprint density at radius 3 is 2.26 bits per heavy atom. The van der Waals surface area contributed by atoms with E-state index in [-0.39, 0.29) is 31.8 Å². The van der Waals surface area contributed by atoms with Gasteiger partial charge in [-0.15, -0.1) is 0 Å². The third-order valence-corrected chi connectivity index (χ3v) is 8.21. The summed E-state index contributed by atoms with van der Waals surface area (Å²) in [5.41, 5.74) is -0.221. The van der Waals surface area contributed by atoms with Crippen LogP contribution in [-0.2, 0) is 20.0 Å². The quantitative estimate of drug-likeness (QED) is 0.552. The first kappa shape index (κ1) is 23.5. The largest absolute Gasteiger partial charge is 0.506 e. The van der Waals surface area contributed by atoms with Gasteiger partial charge in [0.2, 0.25) is 20.0 Å². The van der Waals surface area contributed by atoms with E-state index in [2.05, 4.69) is 5.32 Å². The summed E-state index contributed by atoms with van der Waals surface area (Å²) >= 11 is 6.14. The van der Waals surface area contributed by atoms with E-state index in [9.17, 15) is 26.7 Å². The molecule has 1 aliphatic rings. The molecule has 2 aromatic rings. The second kappa shape index (κ2) is 9.13. The maximum absolute atomic E-state index is 13.1. The van der Waals surface area contributed by atoms with E-state index in [4.69, 9.17) is 16.7 Å². The number of carbonyl (C=O) groups excluding carboxylic acids is 1. The topological polar surface area (TPSA) is 147 Å². The summed E-state index contributed by atoms with van der Waals surface area (Å²) in [7, 11) is -7.96. The number of primary sulfonamides is 1. The molecule has 0 aliphatic carbocycles. The van der Waals surface area contributed by atoms with Crippen molar-refractivity contribution in [1.29, 1.82) is 0 Å². The molecule has 9 nitrogen and oxygen atoms in total. The first-order valence-corrected chi connectivity index (χ1v) is 12.8. The second-order valence-corrected chi connectivity index (χ2v) is 11.0. The van der Waals surface area contributed by atoms with Crippen LogP contribution >= 0.6 is 11.6 Å². The highest BCUT2D eigenvalue weighted by Crippen LogP contribution is 2.29. The van der Waals surface area contributed by atoms with E-state index in [1.165, 1.54) is 22.5 Å². The Morgan fingerprint density at radius 2 is 1.65 bits per heavy atom. The number of hydrogen-bond acceptors (Lipinski definition) is 6. The number of amides is 1. The van der Waals surface area contributed by atoms with Gasteiger partial charge in [0.1, 0.15) is 10.6 Å². The molecule has 0 aromatic heterocycles. The molecule has 0 atom stereocenters. The molecule has 168 valence electrons. The lowest BCUT2D eigenvalue weighted by molar-refractivity contribution is 0.102. The molecule has 0 spiro atoms. The first-order valence-electron chi connectivity index (χ1n) is 9.47. The van der Waals surface area contributed by atoms with Crippen LogP contribution in [0.25, 0.3) is 0 Å². The number of benzene rings is 2. The fourth-order valence-corrected chi connectivity index (χ4v) is 5.81. The van der Waals surface area contributed by atoms with Gasteiger partial charge in [-0.25, -0.2) is 22.0 Å². The van der Waals surface area contributed by atoms with Crippen molar-refractivity contribution in [3.63, 3.8) is 0 Å². The molecule has 1 fully saturated rings. The zero-order valence-electron chi connectivity index (χ0n) is 16.4. The number of anilines is 1. The normalized spacial score (nSPS) is 15.9. The van der Waals surface area contributed by atoms with Gasteiger partial charge in [0.15, 0.2) is 0 Å². The van der Waals surface area contributed by atoms with Crippen LogP contribution in [0.15, 0.2) is 46.2 Å². The number of nitrogens with two attached hydrogens (primary N) is 1. The number of nitrogens with zero attached hydrogens (tertiary/aromatic N) is 1. The smallest absolute Gasteiger partial charge is 0.255 e. The van der Waals surface area contributed by atoms with Crippen molar-refractivity contribution < 1.29 is 26.7 Å². The van der Waals surface area contributed by atoms with Crippen molar-refractivity contribution in [2.75, 3.05) is 18.4 Å². The Kier molecular flexibility index (Phi) is 6.92. The number of nitrogens with one attached hydrogen (secondary N) is 1. The van der Waals surface area contributed by atoms with Crippen LogP contribution in [0.3, 0.4) is 0 Å². The van der Waals surface area contributed by atoms with Gasteiger partial charge in [-0.3, -0.25) is 4.79 Å². The minimum atomic E-state index is -4.05. The molecule has 0 saturated carbocycles. The average Bonchev–Trinajstić information content (AvgIpc) is 2.99. The van der Waals surface area contributed by atoms with E-state index in [1.807, 2.05) is 0 Å². The highest BCUT2D eigenvalue weighted by Gasteiger charge is 2.28. The molecular formula is C19H22ClN3O6S2. The number of hydrogen-bond donors (Lipinski definition) is 3. The lowest BCUT2D eigenvalue weighted by atomic mass is 10.2. The summed E-state index contributed by atoms with van der Waals surface area (Å²) in [6.07, 6.45) is 3.39. The summed E-state index contributed by atoms with van der Waals surface area (Å²) < 4.78 is 50.6. The number of phenols is 1. The summed E-state index contributed by atoms with van der Waals surface area (Å²) in [4.78, 5) is 12.2. The third kappa shape index (κ3) is 5.36. The molecule has 12 heteroatoms. The van der Waals surface area contributed by atoms with Gasteiger partial charge in [-0.1, -0.05) is 24.4 Å². The van der Waals surface area contributed by atoms with E-state index in [0.29, 0.717) is 13.1 Å². The van der Waals surface area contributed by atoms with E-state index >= 15 is 0 Å². The van der Waals surface area contributed by atoms with Gasteiger partial charge < -0.3 is 10.4 Å². The van der Waals surface area contributed by atoms with Crippen molar-refractivity contribution in [2.45, 2.75) is 35.5 Å². The molecule has 1 amide bonds. The molecule has 0 bridgehead atoms. The molecule has 1 aliphatic heterocycles. The number of halogens is 1. The minimum Gasteiger partial charge on any atom is -0.506 e. The third-order valence-electron chi connectivity index (χ3n) is 4.92. The lowest BCUT2D eigenvalue weighted by Gasteiger charge is -2.21. The van der Waals surface area contributed by atoms with E-state index in [0.717, 1.165) is 43.9 Å². The number of aromatic hydroxyl groups is 1. The average molecular weight is 488 g/mol. The van der Waals surface area contributed by atoms with E-state index < -0.39 is 26.0 Å². The zero-order valence-corrected chi connectivity index (χ0v) is 18.8. The molecular weight excluding hydrogens is 466 g/mol. The van der Waals surface area contributed by atoms with Crippen molar-refractivity contribution in [1.82, 2.24) is 4.31 Å². The summed E-state index contributed by atoms with van der Waals surface area (Å²) in [5, 5.41) is 17.4. The summed E-state index contributed by atoms with van der Waals surface area (Å²) in [5.74, 6) is -1.14. The monoisotopic (exact) mass is 487 g/mol. The summed E-state index contributed by atoms with van der Waals surface area (Å²) in [6, 6.07) is 6.98. The molecule has 3 rings (SSSR count). The Morgan fingerprint density at radius 1 is 1.00 bits per heavy atom. The molecule has 2 aromatic carbocycles. The minimum absolute atomic E-state index is 0.0140. The van der Waals surface area contributed by atoms with Crippen LogP contribution in [0.5, 0.6) is 5.75 Å². The predicted molar refractivity (Wildman–Crippen MR) is 116 cm³/mol. The molecule has 1 heterocycles. The van der Waals surface area contributed by atoms with Crippen LogP contribution in [-0.4, -0.2) is 45.2 Å². The maximum Gasteiger partial charge on any atom is 0.255 e. The Balaban J connectivity index is 1.92. The van der Waals surface area contributed by atoms with Crippen molar-refractivity contribution >= 4 is 43.2 Å². The standard InChI is InChI=1S/C19H22ClN3O6S2/c20-15-7-5-13(11-18(15)31(28,29)23-9-3-1-2-4-10-23)19(25)22-16-12-14(30(21,26)27)6-8-17(16)24/h5-8,11-12,24H,1-4,9-10H2,(H,22,25)(H2,21,26,27). The van der Waals surface area contributed by atoms with Crippen LogP contribution in [0.4, 0.5) is 5.69 Å². The van der Waals surface area contributed by atoms with Gasteiger partial charge in [-0.05, 0) is 49.2 Å². The number of phenolic OH excluding ortho intramolecular Hbond substituents is 1. The van der Waals surface area contributed by atoms with Crippen LogP contribution in [0.2, 0.25) is 5.02 Å². The number of rotatable bonds is 5. The van der Waals surface area contributed by atoms with Crippen LogP contribution in [0.1, 0.15) is 36.0 Å². The molecule has 4 N–H and O–H groups in total. The van der Waals surface area contributed by atoms with Gasteiger partial charge >= 0.3 is 0 Å². The SMILES string of the molecule is NS(=O)(=O)c1ccc(O)c(NC(=O)c2ccc(Cl)c(S(=O)(=O)N3CCCCCC3)c2)c1. The highest BCUT2D eigenvalue weighted by molar-refractivity contribution is 7.89. The molecule has 0 unspecified atom stereocenters. The fourth-order valence-electron chi connectivity index (χ4n) is 3.25. The molecule has 1 saturated heterocycles. The second-order valence-electron chi connectivity index (χ2n) is 7.14. The highest BCUT2D eigenvalue weighted by atomic mass is 35.5.